The van der Waals surface area contributed by atoms with Crippen LogP contribution in [-0.2, 0) is 4.74 Å². The van der Waals surface area contributed by atoms with Gasteiger partial charge < -0.3 is 14.8 Å². The Morgan fingerprint density at radius 2 is 2.13 bits per heavy atom. The average molecular weight is 311 g/mol. The molecule has 2 aromatic carbocycles. The first-order valence-electron chi connectivity index (χ1n) is 7.93. The normalized spacial score (nSPS) is 17.0. The van der Waals surface area contributed by atoms with Gasteiger partial charge in [-0.3, -0.25) is 4.79 Å². The fraction of sp³-hybridized carbons (Fsp3) is 0.316. The van der Waals surface area contributed by atoms with E-state index < -0.39 is 0 Å². The van der Waals surface area contributed by atoms with Gasteiger partial charge in [-0.1, -0.05) is 23.8 Å². The highest BCUT2D eigenvalue weighted by Crippen LogP contribution is 2.20. The molecule has 0 radical (unpaired) electrons. The molecule has 1 aliphatic heterocycles. The topological polar surface area (TPSA) is 47.6 Å². The van der Waals surface area contributed by atoms with Crippen molar-refractivity contribution in [3.8, 4) is 5.75 Å². The first-order chi connectivity index (χ1) is 11.2. The van der Waals surface area contributed by atoms with Crippen LogP contribution in [-0.4, -0.2) is 25.2 Å². The second-order valence-electron chi connectivity index (χ2n) is 5.80. The Morgan fingerprint density at radius 3 is 2.91 bits per heavy atom. The monoisotopic (exact) mass is 311 g/mol. The smallest absolute Gasteiger partial charge is 0.255 e. The number of hydrogen-bond donors (Lipinski definition) is 1. The molecular formula is C19H21NO3. The van der Waals surface area contributed by atoms with Gasteiger partial charge in [0.15, 0.2) is 0 Å². The van der Waals surface area contributed by atoms with Gasteiger partial charge in [0.1, 0.15) is 12.4 Å². The number of carbonyl (C=O) groups is 1. The maximum atomic E-state index is 12.3. The van der Waals surface area contributed by atoms with E-state index in [2.05, 4.69) is 5.32 Å². The Bertz CT molecular complexity index is 678. The average Bonchev–Trinajstić information content (AvgIpc) is 3.07. The summed E-state index contributed by atoms with van der Waals surface area (Å²) in [4.78, 5) is 12.3. The molecule has 3 rings (SSSR count). The Kier molecular flexibility index (Phi) is 4.93. The first kappa shape index (κ1) is 15.6. The highest BCUT2D eigenvalue weighted by Gasteiger charge is 2.16. The van der Waals surface area contributed by atoms with Crippen LogP contribution in [0, 0.1) is 6.92 Å². The van der Waals surface area contributed by atoms with Gasteiger partial charge >= 0.3 is 0 Å². The van der Waals surface area contributed by atoms with E-state index in [4.69, 9.17) is 9.47 Å². The molecule has 1 heterocycles. The van der Waals surface area contributed by atoms with Crippen LogP contribution >= 0.6 is 0 Å². The lowest BCUT2D eigenvalue weighted by Gasteiger charge is -2.12. The van der Waals surface area contributed by atoms with Crippen LogP contribution in [0.3, 0.4) is 0 Å². The van der Waals surface area contributed by atoms with Crippen molar-refractivity contribution >= 4 is 11.6 Å². The van der Waals surface area contributed by atoms with Crippen LogP contribution in [0.5, 0.6) is 5.75 Å². The van der Waals surface area contributed by atoms with Gasteiger partial charge in [0.05, 0.1) is 6.10 Å². The third kappa shape index (κ3) is 4.33. The highest BCUT2D eigenvalue weighted by molar-refractivity contribution is 6.04. The standard InChI is InChI=1S/C19H21NO3/c1-14-5-2-6-15(11-14)19(21)20-16-7-3-8-17(12-16)23-13-18-9-4-10-22-18/h2-3,5-8,11-12,18H,4,9-10,13H2,1H3,(H,20,21)/t18-/m1/s1. The fourth-order valence-corrected chi connectivity index (χ4v) is 2.62. The lowest BCUT2D eigenvalue weighted by atomic mass is 10.1. The van der Waals surface area contributed by atoms with Gasteiger partial charge in [-0.15, -0.1) is 0 Å². The molecule has 1 saturated heterocycles. The maximum Gasteiger partial charge on any atom is 0.255 e. The third-order valence-corrected chi connectivity index (χ3v) is 3.83. The molecule has 0 aromatic heterocycles. The molecule has 0 bridgehead atoms. The quantitative estimate of drug-likeness (QED) is 0.913. The van der Waals surface area contributed by atoms with Gasteiger partial charge in [0.2, 0.25) is 0 Å². The molecule has 1 amide bonds. The van der Waals surface area contributed by atoms with E-state index in [0.717, 1.165) is 36.4 Å². The molecule has 0 aliphatic carbocycles. The number of anilines is 1. The summed E-state index contributed by atoms with van der Waals surface area (Å²) in [7, 11) is 0. The Hall–Kier alpha value is -2.33. The van der Waals surface area contributed by atoms with Gasteiger partial charge in [0, 0.05) is 23.9 Å². The third-order valence-electron chi connectivity index (χ3n) is 3.83. The van der Waals surface area contributed by atoms with E-state index in [1.165, 1.54) is 0 Å². The summed E-state index contributed by atoms with van der Waals surface area (Å²) in [6.07, 6.45) is 2.32. The largest absolute Gasteiger partial charge is 0.491 e. The lowest BCUT2D eigenvalue weighted by Crippen LogP contribution is -2.16. The lowest BCUT2D eigenvalue weighted by molar-refractivity contribution is 0.0680. The van der Waals surface area contributed by atoms with Crippen molar-refractivity contribution in [3.05, 3.63) is 59.7 Å². The summed E-state index contributed by atoms with van der Waals surface area (Å²) in [5.41, 5.74) is 2.43. The molecule has 120 valence electrons. The number of ether oxygens (including phenoxy) is 2. The minimum Gasteiger partial charge on any atom is -0.491 e. The van der Waals surface area contributed by atoms with Crippen LogP contribution in [0.1, 0.15) is 28.8 Å². The van der Waals surface area contributed by atoms with E-state index >= 15 is 0 Å². The van der Waals surface area contributed by atoms with Gasteiger partial charge in [-0.25, -0.2) is 0 Å². The molecule has 23 heavy (non-hydrogen) atoms. The molecule has 1 aliphatic rings. The van der Waals surface area contributed by atoms with E-state index in [1.807, 2.05) is 49.4 Å². The number of nitrogens with one attached hydrogen (secondary N) is 1. The van der Waals surface area contributed by atoms with Crippen molar-refractivity contribution in [1.29, 1.82) is 0 Å². The summed E-state index contributed by atoms with van der Waals surface area (Å²) >= 11 is 0. The molecule has 0 spiro atoms. The fourth-order valence-electron chi connectivity index (χ4n) is 2.62. The van der Waals surface area contributed by atoms with Crippen molar-refractivity contribution in [2.75, 3.05) is 18.5 Å². The van der Waals surface area contributed by atoms with Gasteiger partial charge in [-0.05, 0) is 44.0 Å². The van der Waals surface area contributed by atoms with Crippen LogP contribution in [0.25, 0.3) is 0 Å². The summed E-state index contributed by atoms with van der Waals surface area (Å²) < 4.78 is 11.3. The number of rotatable bonds is 5. The molecular weight excluding hydrogens is 290 g/mol. The number of amides is 1. The minimum atomic E-state index is -0.120. The number of carbonyl (C=O) groups excluding carboxylic acids is 1. The van der Waals surface area contributed by atoms with Crippen LogP contribution in [0.4, 0.5) is 5.69 Å². The van der Waals surface area contributed by atoms with E-state index in [-0.39, 0.29) is 12.0 Å². The first-order valence-corrected chi connectivity index (χ1v) is 7.93. The Labute approximate surface area is 136 Å². The second-order valence-corrected chi connectivity index (χ2v) is 5.80. The van der Waals surface area contributed by atoms with Crippen LogP contribution in [0.2, 0.25) is 0 Å². The number of aryl methyl sites for hydroxylation is 1. The summed E-state index contributed by atoms with van der Waals surface area (Å²) in [6, 6.07) is 15.0. The molecule has 1 fully saturated rings. The van der Waals surface area contributed by atoms with Gasteiger partial charge in [-0.2, -0.15) is 0 Å². The zero-order valence-electron chi connectivity index (χ0n) is 13.2. The summed E-state index contributed by atoms with van der Waals surface area (Å²) in [5, 5.41) is 2.90. The molecule has 0 saturated carbocycles. The van der Waals surface area contributed by atoms with Crippen molar-refractivity contribution in [1.82, 2.24) is 0 Å². The minimum absolute atomic E-state index is 0.120. The predicted molar refractivity (Wildman–Crippen MR) is 90.0 cm³/mol. The number of hydrogen-bond acceptors (Lipinski definition) is 3. The molecule has 1 N–H and O–H groups in total. The van der Waals surface area contributed by atoms with Gasteiger partial charge in [0.25, 0.3) is 5.91 Å². The highest BCUT2D eigenvalue weighted by atomic mass is 16.5. The molecule has 2 aromatic rings. The van der Waals surface area contributed by atoms with Crippen molar-refractivity contribution in [2.24, 2.45) is 0 Å². The zero-order valence-corrected chi connectivity index (χ0v) is 13.2. The molecule has 0 unspecified atom stereocenters. The van der Waals surface area contributed by atoms with E-state index in [1.54, 1.807) is 6.07 Å². The summed E-state index contributed by atoms with van der Waals surface area (Å²) in [6.45, 7) is 3.34. The zero-order chi connectivity index (χ0) is 16.1. The van der Waals surface area contributed by atoms with Crippen LogP contribution in [0.15, 0.2) is 48.5 Å². The Balaban J connectivity index is 1.61. The SMILES string of the molecule is Cc1cccc(C(=O)Nc2cccc(OC[C@H]3CCCO3)c2)c1. The van der Waals surface area contributed by atoms with E-state index in [9.17, 15) is 4.79 Å². The Morgan fingerprint density at radius 1 is 1.26 bits per heavy atom. The van der Waals surface area contributed by atoms with Crippen molar-refractivity contribution < 1.29 is 14.3 Å². The predicted octanol–water partition coefficient (Wildman–Crippen LogP) is 3.81. The number of benzene rings is 2. The molecule has 4 heteroatoms. The summed E-state index contributed by atoms with van der Waals surface area (Å²) in [5.74, 6) is 0.618. The van der Waals surface area contributed by atoms with E-state index in [0.29, 0.717) is 12.2 Å². The van der Waals surface area contributed by atoms with Crippen LogP contribution < -0.4 is 10.1 Å². The second kappa shape index (κ2) is 7.29. The van der Waals surface area contributed by atoms with Crippen molar-refractivity contribution in [2.45, 2.75) is 25.9 Å². The molecule has 1 atom stereocenters. The van der Waals surface area contributed by atoms with Crippen molar-refractivity contribution in [3.63, 3.8) is 0 Å². The maximum absolute atomic E-state index is 12.3. The molecule has 4 nitrogen and oxygen atoms in total.